The molecule has 5 heteroatoms. The van der Waals surface area contributed by atoms with Crippen LogP contribution in [0.2, 0.25) is 0 Å². The summed E-state index contributed by atoms with van der Waals surface area (Å²) in [6.45, 7) is 4.86. The second-order valence-electron chi connectivity index (χ2n) is 6.23. The molecule has 0 aromatic heterocycles. The molecule has 22 heavy (non-hydrogen) atoms. The average molecular weight is 305 g/mol. The Hall–Kier alpha value is -2.04. The van der Waals surface area contributed by atoms with Crippen molar-refractivity contribution in [3.05, 3.63) is 30.3 Å². The Bertz CT molecular complexity index is 531. The quantitative estimate of drug-likeness (QED) is 0.876. The molecule has 0 bridgehead atoms. The molecule has 0 spiro atoms. The van der Waals surface area contributed by atoms with E-state index in [1.807, 2.05) is 37.3 Å². The molecule has 1 aliphatic rings. The van der Waals surface area contributed by atoms with Gasteiger partial charge in [0.05, 0.1) is 12.0 Å². The fraction of sp³-hybridized carbons (Fsp3) is 0.529. The van der Waals surface area contributed by atoms with Gasteiger partial charge in [-0.25, -0.2) is 0 Å². The Kier molecular flexibility index (Phi) is 5.06. The molecule has 1 heterocycles. The van der Waals surface area contributed by atoms with Crippen molar-refractivity contribution in [1.82, 2.24) is 4.90 Å². The number of para-hydroxylation sites is 1. The Morgan fingerprint density at radius 3 is 2.64 bits per heavy atom. The summed E-state index contributed by atoms with van der Waals surface area (Å²) in [7, 11) is 0. The van der Waals surface area contributed by atoms with Crippen molar-refractivity contribution in [3.8, 4) is 5.75 Å². The third kappa shape index (κ3) is 3.78. The van der Waals surface area contributed by atoms with E-state index in [9.17, 15) is 14.7 Å². The van der Waals surface area contributed by atoms with Crippen LogP contribution in [-0.4, -0.2) is 41.6 Å². The summed E-state index contributed by atoms with van der Waals surface area (Å²) in [6.07, 6.45) is 1.13. The molecule has 1 aromatic carbocycles. The Labute approximate surface area is 130 Å². The molecule has 0 aliphatic carbocycles. The minimum absolute atomic E-state index is 0.0154. The molecule has 1 aliphatic heterocycles. The molecular formula is C17H23NO4. The fourth-order valence-corrected chi connectivity index (χ4v) is 2.63. The van der Waals surface area contributed by atoms with E-state index < -0.39 is 11.4 Å². The van der Waals surface area contributed by atoms with Crippen LogP contribution in [0.25, 0.3) is 0 Å². The number of carboxylic acids is 1. The minimum atomic E-state index is -0.831. The van der Waals surface area contributed by atoms with Crippen LogP contribution in [-0.2, 0) is 9.59 Å². The lowest BCUT2D eigenvalue weighted by Crippen LogP contribution is -2.37. The van der Waals surface area contributed by atoms with Crippen molar-refractivity contribution in [2.45, 2.75) is 26.7 Å². The molecule has 2 rings (SSSR count). The molecule has 2 unspecified atom stereocenters. The summed E-state index contributed by atoms with van der Waals surface area (Å²) in [5, 5.41) is 9.22. The second-order valence-corrected chi connectivity index (χ2v) is 6.23. The van der Waals surface area contributed by atoms with Crippen molar-refractivity contribution < 1.29 is 19.4 Å². The van der Waals surface area contributed by atoms with E-state index in [2.05, 4.69) is 0 Å². The summed E-state index contributed by atoms with van der Waals surface area (Å²) in [5.41, 5.74) is -0.810. The molecule has 1 N–H and O–H groups in total. The number of amides is 1. The van der Waals surface area contributed by atoms with Crippen LogP contribution in [0.3, 0.4) is 0 Å². The highest BCUT2D eigenvalue weighted by molar-refractivity contribution is 5.81. The average Bonchev–Trinajstić information content (AvgIpc) is 2.91. The van der Waals surface area contributed by atoms with Gasteiger partial charge >= 0.3 is 5.97 Å². The highest BCUT2D eigenvalue weighted by Crippen LogP contribution is 2.31. The van der Waals surface area contributed by atoms with E-state index in [1.165, 1.54) is 0 Å². The van der Waals surface area contributed by atoms with E-state index >= 15 is 0 Å². The number of hydrogen-bond acceptors (Lipinski definition) is 3. The number of carbonyl (C=O) groups excluding carboxylic acids is 1. The van der Waals surface area contributed by atoms with Gasteiger partial charge in [0.15, 0.2) is 0 Å². The first-order chi connectivity index (χ1) is 10.4. The van der Waals surface area contributed by atoms with Crippen molar-refractivity contribution in [1.29, 1.82) is 0 Å². The van der Waals surface area contributed by atoms with Gasteiger partial charge in [0.1, 0.15) is 5.75 Å². The Morgan fingerprint density at radius 2 is 2.05 bits per heavy atom. The Morgan fingerprint density at radius 1 is 1.36 bits per heavy atom. The largest absolute Gasteiger partial charge is 0.494 e. The molecule has 1 amide bonds. The summed E-state index contributed by atoms with van der Waals surface area (Å²) >= 11 is 0. The number of aliphatic carboxylic acids is 1. The Balaban J connectivity index is 1.79. The maximum Gasteiger partial charge on any atom is 0.311 e. The standard InChI is InChI=1S/C17H23NO4/c1-13(8-11-22-14-6-4-3-5-7-14)15(19)18-10-9-17(2,12-18)16(20)21/h3-7,13H,8-12H2,1-2H3,(H,20,21). The van der Waals surface area contributed by atoms with E-state index in [4.69, 9.17) is 4.74 Å². The summed E-state index contributed by atoms with van der Waals surface area (Å²) in [5.74, 6) is -0.189. The number of likely N-dealkylation sites (tertiary alicyclic amines) is 1. The zero-order valence-electron chi connectivity index (χ0n) is 13.1. The third-order valence-corrected chi connectivity index (χ3v) is 4.29. The zero-order valence-corrected chi connectivity index (χ0v) is 13.1. The molecule has 5 nitrogen and oxygen atoms in total. The second kappa shape index (κ2) is 6.81. The number of nitrogens with zero attached hydrogens (tertiary/aromatic N) is 1. The van der Waals surface area contributed by atoms with E-state index in [0.717, 1.165) is 5.75 Å². The number of carboxylic acid groups (broad SMARTS) is 1. The number of rotatable bonds is 6. The van der Waals surface area contributed by atoms with Gasteiger partial charge in [-0.2, -0.15) is 0 Å². The molecule has 0 radical (unpaired) electrons. The lowest BCUT2D eigenvalue weighted by molar-refractivity contribution is -0.147. The molecule has 1 saturated heterocycles. The van der Waals surface area contributed by atoms with E-state index in [-0.39, 0.29) is 11.8 Å². The number of ether oxygens (including phenoxy) is 1. The summed E-state index contributed by atoms with van der Waals surface area (Å²) in [6, 6.07) is 9.49. The first-order valence-corrected chi connectivity index (χ1v) is 7.62. The van der Waals surface area contributed by atoms with Gasteiger partial charge in [-0.15, -0.1) is 0 Å². The van der Waals surface area contributed by atoms with Crippen molar-refractivity contribution in [2.75, 3.05) is 19.7 Å². The van der Waals surface area contributed by atoms with Crippen LogP contribution in [0, 0.1) is 11.3 Å². The predicted octanol–water partition coefficient (Wildman–Crippen LogP) is 2.41. The molecule has 2 atom stereocenters. The van der Waals surface area contributed by atoms with Crippen molar-refractivity contribution in [2.24, 2.45) is 11.3 Å². The third-order valence-electron chi connectivity index (χ3n) is 4.29. The van der Waals surface area contributed by atoms with Crippen molar-refractivity contribution >= 4 is 11.9 Å². The van der Waals surface area contributed by atoms with Crippen LogP contribution in [0.5, 0.6) is 5.75 Å². The van der Waals surface area contributed by atoms with Gasteiger partial charge < -0.3 is 14.7 Å². The first-order valence-electron chi connectivity index (χ1n) is 7.62. The van der Waals surface area contributed by atoms with Gasteiger partial charge in [0.2, 0.25) is 5.91 Å². The van der Waals surface area contributed by atoms with Gasteiger partial charge in [-0.3, -0.25) is 9.59 Å². The van der Waals surface area contributed by atoms with E-state index in [1.54, 1.807) is 11.8 Å². The highest BCUT2D eigenvalue weighted by Gasteiger charge is 2.42. The first kappa shape index (κ1) is 16.3. The maximum atomic E-state index is 12.4. The van der Waals surface area contributed by atoms with Crippen LogP contribution in [0.4, 0.5) is 0 Å². The summed E-state index contributed by atoms with van der Waals surface area (Å²) < 4.78 is 5.60. The molecular weight excluding hydrogens is 282 g/mol. The van der Waals surface area contributed by atoms with Crippen LogP contribution in [0.1, 0.15) is 26.7 Å². The van der Waals surface area contributed by atoms with Gasteiger partial charge in [0.25, 0.3) is 0 Å². The molecule has 0 saturated carbocycles. The van der Waals surface area contributed by atoms with Gasteiger partial charge in [0, 0.05) is 19.0 Å². The molecule has 1 fully saturated rings. The summed E-state index contributed by atoms with van der Waals surface area (Å²) in [4.78, 5) is 25.3. The zero-order chi connectivity index (χ0) is 16.2. The smallest absolute Gasteiger partial charge is 0.311 e. The predicted molar refractivity (Wildman–Crippen MR) is 82.7 cm³/mol. The maximum absolute atomic E-state index is 12.4. The molecule has 1 aromatic rings. The monoisotopic (exact) mass is 305 g/mol. The van der Waals surface area contributed by atoms with Gasteiger partial charge in [-0.1, -0.05) is 25.1 Å². The fourth-order valence-electron chi connectivity index (χ4n) is 2.63. The SMILES string of the molecule is CC(CCOc1ccccc1)C(=O)N1CCC(C)(C(=O)O)C1. The van der Waals surface area contributed by atoms with Crippen molar-refractivity contribution in [3.63, 3.8) is 0 Å². The number of hydrogen-bond donors (Lipinski definition) is 1. The number of carbonyl (C=O) groups is 2. The van der Waals surface area contributed by atoms with Crippen LogP contribution < -0.4 is 4.74 Å². The van der Waals surface area contributed by atoms with Crippen LogP contribution in [0.15, 0.2) is 30.3 Å². The lowest BCUT2D eigenvalue weighted by atomic mass is 9.90. The van der Waals surface area contributed by atoms with E-state index in [0.29, 0.717) is 32.5 Å². The normalized spacial score (nSPS) is 22.4. The lowest BCUT2D eigenvalue weighted by Gasteiger charge is -2.23. The molecule has 120 valence electrons. The van der Waals surface area contributed by atoms with Crippen LogP contribution >= 0.6 is 0 Å². The topological polar surface area (TPSA) is 66.8 Å². The number of benzene rings is 1. The minimum Gasteiger partial charge on any atom is -0.494 e. The van der Waals surface area contributed by atoms with Gasteiger partial charge in [-0.05, 0) is 31.9 Å². The highest BCUT2D eigenvalue weighted by atomic mass is 16.5.